The second-order valence-corrected chi connectivity index (χ2v) is 4.17. The van der Waals surface area contributed by atoms with Crippen LogP contribution >= 0.6 is 0 Å². The lowest BCUT2D eigenvalue weighted by Gasteiger charge is -2.17. The van der Waals surface area contributed by atoms with Gasteiger partial charge in [0, 0.05) is 0 Å². The van der Waals surface area contributed by atoms with E-state index in [2.05, 4.69) is 5.32 Å². The summed E-state index contributed by atoms with van der Waals surface area (Å²) in [6, 6.07) is 5.37. The molecule has 0 fully saturated rings. The van der Waals surface area contributed by atoms with Crippen LogP contribution < -0.4 is 5.32 Å². The molecule has 4 nitrogen and oxygen atoms in total. The van der Waals surface area contributed by atoms with E-state index in [0.717, 1.165) is 18.9 Å². The van der Waals surface area contributed by atoms with Crippen molar-refractivity contribution in [2.75, 3.05) is 12.4 Å². The lowest BCUT2D eigenvalue weighted by atomic mass is 10.1. The van der Waals surface area contributed by atoms with E-state index >= 15 is 0 Å². The minimum Gasteiger partial charge on any atom is -0.467 e. The summed E-state index contributed by atoms with van der Waals surface area (Å²) in [6.45, 7) is 2.01. The third-order valence-electron chi connectivity index (χ3n) is 2.76. The summed E-state index contributed by atoms with van der Waals surface area (Å²) in [5.74, 6) is -0.971. The Morgan fingerprint density at radius 3 is 2.84 bits per heavy atom. The fourth-order valence-electron chi connectivity index (χ4n) is 1.69. The molecule has 0 heterocycles. The highest BCUT2D eigenvalue weighted by molar-refractivity contribution is 5.79. The zero-order valence-corrected chi connectivity index (χ0v) is 11.1. The fraction of sp³-hybridized carbons (Fsp3) is 0.429. The van der Waals surface area contributed by atoms with Crippen molar-refractivity contribution in [3.8, 4) is 6.07 Å². The van der Waals surface area contributed by atoms with Crippen LogP contribution in [-0.4, -0.2) is 19.1 Å². The summed E-state index contributed by atoms with van der Waals surface area (Å²) >= 11 is 0. The van der Waals surface area contributed by atoms with E-state index in [1.54, 1.807) is 0 Å². The molecule has 0 aliphatic heterocycles. The molecule has 1 aromatic carbocycles. The number of unbranched alkanes of at least 4 members (excludes halogenated alkanes) is 1. The van der Waals surface area contributed by atoms with Crippen LogP contribution in [0.2, 0.25) is 0 Å². The van der Waals surface area contributed by atoms with Crippen molar-refractivity contribution in [3.63, 3.8) is 0 Å². The number of hydrogen-bond donors (Lipinski definition) is 1. The molecule has 0 radical (unpaired) electrons. The standard InChI is InChI=1S/C14H17FN2O2/c1-3-4-5-13(14(18)19-2)17-12-7-6-10(9-16)8-11(12)15/h6-8,13,17H,3-5H2,1-2H3. The van der Waals surface area contributed by atoms with Gasteiger partial charge in [0.25, 0.3) is 0 Å². The second-order valence-electron chi connectivity index (χ2n) is 4.17. The molecule has 0 amide bonds. The van der Waals surface area contributed by atoms with Crippen LogP contribution in [-0.2, 0) is 9.53 Å². The smallest absolute Gasteiger partial charge is 0.328 e. The van der Waals surface area contributed by atoms with E-state index in [4.69, 9.17) is 10.00 Å². The van der Waals surface area contributed by atoms with Gasteiger partial charge in [-0.3, -0.25) is 0 Å². The maximum absolute atomic E-state index is 13.7. The number of esters is 1. The molecule has 0 saturated heterocycles. The van der Waals surface area contributed by atoms with Gasteiger partial charge < -0.3 is 10.1 Å². The van der Waals surface area contributed by atoms with Gasteiger partial charge in [0.2, 0.25) is 0 Å². The van der Waals surface area contributed by atoms with Crippen molar-refractivity contribution >= 4 is 11.7 Å². The van der Waals surface area contributed by atoms with Gasteiger partial charge in [-0.05, 0) is 24.6 Å². The Hall–Kier alpha value is -2.09. The van der Waals surface area contributed by atoms with Crippen LogP contribution in [0.5, 0.6) is 0 Å². The lowest BCUT2D eigenvalue weighted by molar-refractivity contribution is -0.141. The number of halogens is 1. The van der Waals surface area contributed by atoms with Crippen LogP contribution in [0.25, 0.3) is 0 Å². The van der Waals surface area contributed by atoms with Crippen molar-refractivity contribution < 1.29 is 13.9 Å². The molecule has 1 unspecified atom stereocenters. The molecule has 19 heavy (non-hydrogen) atoms. The Kier molecular flexibility index (Phi) is 5.80. The van der Waals surface area contributed by atoms with Crippen LogP contribution in [0.15, 0.2) is 18.2 Å². The summed E-state index contributed by atoms with van der Waals surface area (Å²) in [7, 11) is 1.30. The molecule has 1 N–H and O–H groups in total. The van der Waals surface area contributed by atoms with Gasteiger partial charge in [-0.1, -0.05) is 19.8 Å². The Morgan fingerprint density at radius 1 is 1.58 bits per heavy atom. The van der Waals surface area contributed by atoms with Gasteiger partial charge in [-0.25, -0.2) is 9.18 Å². The topological polar surface area (TPSA) is 62.1 Å². The van der Waals surface area contributed by atoms with Crippen LogP contribution in [0.1, 0.15) is 31.7 Å². The van der Waals surface area contributed by atoms with Crippen LogP contribution in [0.3, 0.4) is 0 Å². The van der Waals surface area contributed by atoms with Gasteiger partial charge in [-0.15, -0.1) is 0 Å². The predicted molar refractivity (Wildman–Crippen MR) is 70.1 cm³/mol. The quantitative estimate of drug-likeness (QED) is 0.802. The number of nitriles is 1. The lowest BCUT2D eigenvalue weighted by Crippen LogP contribution is -2.31. The Morgan fingerprint density at radius 2 is 2.32 bits per heavy atom. The largest absolute Gasteiger partial charge is 0.467 e. The number of carbonyl (C=O) groups excluding carboxylic acids is 1. The maximum atomic E-state index is 13.7. The predicted octanol–water partition coefficient (Wildman–Crippen LogP) is 2.84. The Labute approximate surface area is 112 Å². The van der Waals surface area contributed by atoms with Gasteiger partial charge in [0.15, 0.2) is 0 Å². The first-order chi connectivity index (χ1) is 9.12. The van der Waals surface area contributed by atoms with Crippen molar-refractivity contribution in [1.82, 2.24) is 0 Å². The average Bonchev–Trinajstić information content (AvgIpc) is 2.43. The van der Waals surface area contributed by atoms with Crippen molar-refractivity contribution in [3.05, 3.63) is 29.6 Å². The van der Waals surface area contributed by atoms with Gasteiger partial charge in [-0.2, -0.15) is 5.26 Å². The highest BCUT2D eigenvalue weighted by Gasteiger charge is 2.19. The second kappa shape index (κ2) is 7.37. The van der Waals surface area contributed by atoms with Gasteiger partial charge in [0.1, 0.15) is 11.9 Å². The number of carbonyl (C=O) groups is 1. The van der Waals surface area contributed by atoms with Gasteiger partial charge in [0.05, 0.1) is 24.4 Å². The van der Waals surface area contributed by atoms with E-state index in [1.807, 2.05) is 13.0 Å². The number of ether oxygens (including phenoxy) is 1. The number of benzene rings is 1. The van der Waals surface area contributed by atoms with Gasteiger partial charge >= 0.3 is 5.97 Å². The number of methoxy groups -OCH3 is 1. The van der Waals surface area contributed by atoms with Crippen molar-refractivity contribution in [1.29, 1.82) is 5.26 Å². The molecular weight excluding hydrogens is 247 g/mol. The number of hydrogen-bond acceptors (Lipinski definition) is 4. The zero-order chi connectivity index (χ0) is 14.3. The van der Waals surface area contributed by atoms with E-state index in [1.165, 1.54) is 19.2 Å². The molecule has 0 aromatic heterocycles. The molecule has 5 heteroatoms. The summed E-state index contributed by atoms with van der Waals surface area (Å²) in [6.07, 6.45) is 2.35. The Bertz CT molecular complexity index is 483. The SMILES string of the molecule is CCCCC(Nc1ccc(C#N)cc1F)C(=O)OC. The summed E-state index contributed by atoms with van der Waals surface area (Å²) in [4.78, 5) is 11.6. The first-order valence-corrected chi connectivity index (χ1v) is 6.16. The minimum absolute atomic E-state index is 0.200. The van der Waals surface area contributed by atoms with Crippen LogP contribution in [0.4, 0.5) is 10.1 Å². The normalized spacial score (nSPS) is 11.5. The maximum Gasteiger partial charge on any atom is 0.328 e. The summed E-state index contributed by atoms with van der Waals surface area (Å²) in [5.41, 5.74) is 0.441. The number of anilines is 1. The highest BCUT2D eigenvalue weighted by atomic mass is 19.1. The number of nitrogens with zero attached hydrogens (tertiary/aromatic N) is 1. The molecule has 102 valence electrons. The fourth-order valence-corrected chi connectivity index (χ4v) is 1.69. The Balaban J connectivity index is 2.84. The third-order valence-corrected chi connectivity index (χ3v) is 2.76. The molecule has 0 aliphatic carbocycles. The zero-order valence-electron chi connectivity index (χ0n) is 11.1. The first-order valence-electron chi connectivity index (χ1n) is 6.16. The molecule has 1 rings (SSSR count). The van der Waals surface area contributed by atoms with Crippen molar-refractivity contribution in [2.24, 2.45) is 0 Å². The number of rotatable bonds is 6. The molecule has 1 atom stereocenters. The molecule has 0 saturated carbocycles. The van der Waals surface area contributed by atoms with Crippen LogP contribution in [0, 0.1) is 17.1 Å². The molecular formula is C14H17FN2O2. The summed E-state index contributed by atoms with van der Waals surface area (Å²) < 4.78 is 18.4. The third kappa shape index (κ3) is 4.25. The van der Waals surface area contributed by atoms with E-state index in [0.29, 0.717) is 6.42 Å². The average molecular weight is 264 g/mol. The summed E-state index contributed by atoms with van der Waals surface area (Å²) in [5, 5.41) is 11.5. The highest BCUT2D eigenvalue weighted by Crippen LogP contribution is 2.18. The van der Waals surface area contributed by atoms with E-state index in [9.17, 15) is 9.18 Å². The number of nitrogens with one attached hydrogen (secondary N) is 1. The van der Waals surface area contributed by atoms with Crippen molar-refractivity contribution in [2.45, 2.75) is 32.2 Å². The molecule has 1 aromatic rings. The first kappa shape index (κ1) is 15.0. The molecule has 0 spiro atoms. The molecule has 0 aliphatic rings. The monoisotopic (exact) mass is 264 g/mol. The minimum atomic E-state index is -0.576. The molecule has 0 bridgehead atoms. The van der Waals surface area contributed by atoms with E-state index < -0.39 is 17.8 Å². The van der Waals surface area contributed by atoms with E-state index in [-0.39, 0.29) is 11.3 Å².